The van der Waals surface area contributed by atoms with Gasteiger partial charge in [0, 0.05) is 12.5 Å². The Kier molecular flexibility index (Phi) is 5.26. The number of likely N-dealkylation sites (tertiary alicyclic amines) is 1. The molecule has 1 unspecified atom stereocenters. The van der Waals surface area contributed by atoms with Gasteiger partial charge in [-0.3, -0.25) is 9.69 Å². The summed E-state index contributed by atoms with van der Waals surface area (Å²) in [5.41, 5.74) is 0. The van der Waals surface area contributed by atoms with Crippen LogP contribution in [-0.2, 0) is 4.79 Å². The molecule has 1 saturated heterocycles. The van der Waals surface area contributed by atoms with Gasteiger partial charge in [-0.25, -0.2) is 0 Å². The summed E-state index contributed by atoms with van der Waals surface area (Å²) in [7, 11) is 0. The minimum atomic E-state index is 0.195. The molecule has 0 aliphatic carbocycles. The van der Waals surface area contributed by atoms with Crippen LogP contribution in [0.15, 0.2) is 0 Å². The number of hydrogen-bond acceptors (Lipinski definition) is 3. The zero-order chi connectivity index (χ0) is 11.3. The summed E-state index contributed by atoms with van der Waals surface area (Å²) in [5.74, 6) is 1.01. The van der Waals surface area contributed by atoms with E-state index in [0.717, 1.165) is 32.4 Å². The molecule has 0 saturated carbocycles. The molecule has 0 aromatic carbocycles. The Bertz CT molecular complexity index is 198. The summed E-state index contributed by atoms with van der Waals surface area (Å²) in [4.78, 5) is 13.9. The van der Waals surface area contributed by atoms with Gasteiger partial charge in [0.1, 0.15) is 5.78 Å². The number of carbonyl (C=O) groups excluding carboxylic acids is 1. The van der Waals surface area contributed by atoms with Crippen LogP contribution in [-0.4, -0.2) is 42.0 Å². The molecule has 3 heteroatoms. The lowest BCUT2D eigenvalue weighted by Crippen LogP contribution is -2.39. The molecular formula is C12H23NO2. The zero-order valence-electron chi connectivity index (χ0n) is 9.91. The first-order valence-corrected chi connectivity index (χ1v) is 6.03. The maximum absolute atomic E-state index is 11.7. The van der Waals surface area contributed by atoms with E-state index in [0.29, 0.717) is 24.9 Å². The number of Topliss-reactive ketones (excluding diaryl/α,β-unsaturated/α-hetero) is 1. The number of hydrogen-bond donors (Lipinski definition) is 1. The third-order valence-electron chi connectivity index (χ3n) is 3.51. The lowest BCUT2D eigenvalue weighted by atomic mass is 9.96. The summed E-state index contributed by atoms with van der Waals surface area (Å²) < 4.78 is 0. The molecule has 0 amide bonds. The largest absolute Gasteiger partial charge is 0.396 e. The van der Waals surface area contributed by atoms with E-state index in [1.165, 1.54) is 0 Å². The van der Waals surface area contributed by atoms with Crippen molar-refractivity contribution in [2.45, 2.75) is 33.1 Å². The lowest BCUT2D eigenvalue weighted by molar-refractivity contribution is -0.124. The highest BCUT2D eigenvalue weighted by Crippen LogP contribution is 2.16. The Hall–Kier alpha value is -0.410. The SMILES string of the molecule is CCC(C)C(=O)CN1CCC(CO)CC1. The van der Waals surface area contributed by atoms with Gasteiger partial charge in [0.15, 0.2) is 0 Å². The molecule has 88 valence electrons. The third-order valence-corrected chi connectivity index (χ3v) is 3.51. The van der Waals surface area contributed by atoms with E-state index >= 15 is 0 Å². The van der Waals surface area contributed by atoms with Crippen molar-refractivity contribution in [1.29, 1.82) is 0 Å². The highest BCUT2D eigenvalue weighted by molar-refractivity contribution is 5.82. The van der Waals surface area contributed by atoms with Gasteiger partial charge in [-0.15, -0.1) is 0 Å². The van der Waals surface area contributed by atoms with Crippen molar-refractivity contribution in [2.75, 3.05) is 26.2 Å². The van der Waals surface area contributed by atoms with E-state index in [1.807, 2.05) is 6.92 Å². The maximum Gasteiger partial charge on any atom is 0.149 e. The van der Waals surface area contributed by atoms with Crippen molar-refractivity contribution < 1.29 is 9.90 Å². The van der Waals surface area contributed by atoms with Gasteiger partial charge < -0.3 is 5.11 Å². The van der Waals surface area contributed by atoms with Gasteiger partial charge in [0.05, 0.1) is 6.54 Å². The highest BCUT2D eigenvalue weighted by atomic mass is 16.3. The van der Waals surface area contributed by atoms with Crippen LogP contribution in [0, 0.1) is 11.8 Å². The van der Waals surface area contributed by atoms with Crippen LogP contribution >= 0.6 is 0 Å². The summed E-state index contributed by atoms with van der Waals surface area (Å²) >= 11 is 0. The van der Waals surface area contributed by atoms with Crippen LogP contribution in [0.5, 0.6) is 0 Å². The zero-order valence-corrected chi connectivity index (χ0v) is 9.91. The van der Waals surface area contributed by atoms with E-state index in [2.05, 4.69) is 11.8 Å². The normalized spacial score (nSPS) is 21.5. The summed E-state index contributed by atoms with van der Waals surface area (Å²) in [6.07, 6.45) is 3.00. The number of aliphatic hydroxyl groups is 1. The van der Waals surface area contributed by atoms with Crippen molar-refractivity contribution >= 4 is 5.78 Å². The number of carbonyl (C=O) groups is 1. The standard InChI is InChI=1S/C12H23NO2/c1-3-10(2)12(15)8-13-6-4-11(9-14)5-7-13/h10-11,14H,3-9H2,1-2H3. The first kappa shape index (κ1) is 12.7. The van der Waals surface area contributed by atoms with Crippen molar-refractivity contribution in [3.05, 3.63) is 0 Å². The molecule has 1 atom stereocenters. The van der Waals surface area contributed by atoms with E-state index < -0.39 is 0 Å². The van der Waals surface area contributed by atoms with Crippen LogP contribution < -0.4 is 0 Å². The van der Waals surface area contributed by atoms with Crippen LogP contribution in [0.2, 0.25) is 0 Å². The number of piperidine rings is 1. The molecule has 0 bridgehead atoms. The quantitative estimate of drug-likeness (QED) is 0.748. The predicted molar refractivity (Wildman–Crippen MR) is 60.7 cm³/mol. The molecule has 15 heavy (non-hydrogen) atoms. The molecule has 1 N–H and O–H groups in total. The molecule has 1 rings (SSSR count). The lowest BCUT2D eigenvalue weighted by Gasteiger charge is -2.30. The Morgan fingerprint density at radius 1 is 1.47 bits per heavy atom. The Balaban J connectivity index is 2.26. The van der Waals surface area contributed by atoms with Gasteiger partial charge in [0.2, 0.25) is 0 Å². The summed E-state index contributed by atoms with van der Waals surface area (Å²) in [6.45, 7) is 6.89. The van der Waals surface area contributed by atoms with E-state index in [9.17, 15) is 4.79 Å². The number of nitrogens with zero attached hydrogens (tertiary/aromatic N) is 1. The predicted octanol–water partition coefficient (Wildman–Crippen LogP) is 1.31. The molecular weight excluding hydrogens is 190 g/mol. The fraction of sp³-hybridized carbons (Fsp3) is 0.917. The average Bonchev–Trinajstić information content (AvgIpc) is 2.29. The summed E-state index contributed by atoms with van der Waals surface area (Å²) in [6, 6.07) is 0. The first-order valence-electron chi connectivity index (χ1n) is 6.03. The molecule has 1 aliphatic heterocycles. The average molecular weight is 213 g/mol. The van der Waals surface area contributed by atoms with Crippen LogP contribution in [0.3, 0.4) is 0 Å². The van der Waals surface area contributed by atoms with E-state index in [-0.39, 0.29) is 5.92 Å². The van der Waals surface area contributed by atoms with Crippen molar-refractivity contribution in [2.24, 2.45) is 11.8 Å². The third kappa shape index (κ3) is 3.92. The smallest absolute Gasteiger partial charge is 0.149 e. The molecule has 1 fully saturated rings. The van der Waals surface area contributed by atoms with Crippen LogP contribution in [0.1, 0.15) is 33.1 Å². The second-order valence-corrected chi connectivity index (χ2v) is 4.68. The minimum absolute atomic E-state index is 0.195. The van der Waals surface area contributed by atoms with Gasteiger partial charge in [0.25, 0.3) is 0 Å². The fourth-order valence-corrected chi connectivity index (χ4v) is 1.93. The molecule has 0 aromatic rings. The monoisotopic (exact) mass is 213 g/mol. The minimum Gasteiger partial charge on any atom is -0.396 e. The van der Waals surface area contributed by atoms with Crippen LogP contribution in [0.25, 0.3) is 0 Å². The molecule has 3 nitrogen and oxygen atoms in total. The second-order valence-electron chi connectivity index (χ2n) is 4.68. The number of aliphatic hydroxyl groups excluding tert-OH is 1. The highest BCUT2D eigenvalue weighted by Gasteiger charge is 2.21. The molecule has 1 aliphatic rings. The Morgan fingerprint density at radius 2 is 2.07 bits per heavy atom. The van der Waals surface area contributed by atoms with Crippen molar-refractivity contribution in [1.82, 2.24) is 4.90 Å². The van der Waals surface area contributed by atoms with Gasteiger partial charge in [-0.1, -0.05) is 13.8 Å². The fourth-order valence-electron chi connectivity index (χ4n) is 1.93. The number of ketones is 1. The topological polar surface area (TPSA) is 40.5 Å². The van der Waals surface area contributed by atoms with Gasteiger partial charge >= 0.3 is 0 Å². The molecule has 1 heterocycles. The Labute approximate surface area is 92.5 Å². The van der Waals surface area contributed by atoms with Gasteiger partial charge in [-0.2, -0.15) is 0 Å². The Morgan fingerprint density at radius 3 is 2.53 bits per heavy atom. The maximum atomic E-state index is 11.7. The first-order chi connectivity index (χ1) is 7.17. The van der Waals surface area contributed by atoms with Gasteiger partial charge in [-0.05, 0) is 38.3 Å². The summed E-state index contributed by atoms with van der Waals surface area (Å²) in [5, 5.41) is 9.00. The molecule has 0 aromatic heterocycles. The number of rotatable bonds is 5. The molecule has 0 spiro atoms. The second kappa shape index (κ2) is 6.23. The van der Waals surface area contributed by atoms with Crippen LogP contribution in [0.4, 0.5) is 0 Å². The van der Waals surface area contributed by atoms with Crippen molar-refractivity contribution in [3.8, 4) is 0 Å². The van der Waals surface area contributed by atoms with E-state index in [4.69, 9.17) is 5.11 Å². The van der Waals surface area contributed by atoms with E-state index in [1.54, 1.807) is 0 Å². The van der Waals surface area contributed by atoms with Crippen molar-refractivity contribution in [3.63, 3.8) is 0 Å². The molecule has 0 radical (unpaired) electrons.